The Morgan fingerprint density at radius 1 is 0.864 bits per heavy atom. The lowest BCUT2D eigenvalue weighted by Crippen LogP contribution is -2.18. The summed E-state index contributed by atoms with van der Waals surface area (Å²) in [6.07, 6.45) is -10.8. The second kappa shape index (κ2) is 12.2. The van der Waals surface area contributed by atoms with Gasteiger partial charge in [-0.05, 0) is 53.1 Å². The number of carbonyl (C=O) groups is 3. The van der Waals surface area contributed by atoms with Gasteiger partial charge >= 0.3 is 6.18 Å². The lowest BCUT2D eigenvalue weighted by molar-refractivity contribution is -0.140. The van der Waals surface area contributed by atoms with Crippen molar-refractivity contribution in [3.8, 4) is 0 Å². The summed E-state index contributed by atoms with van der Waals surface area (Å²) in [4.78, 5) is 37.2. The Hall–Kier alpha value is -3.29. The number of ketones is 2. The van der Waals surface area contributed by atoms with E-state index < -0.39 is 99.0 Å². The zero-order valence-electron chi connectivity index (χ0n) is 21.4. The Balaban J connectivity index is 1.55. The number of alkyl halides is 7. The number of halogens is 12. The molecule has 0 aliphatic heterocycles. The Morgan fingerprint density at radius 3 is 2.07 bits per heavy atom. The normalized spacial score (nSPS) is 17.5. The van der Waals surface area contributed by atoms with Crippen LogP contribution in [0.25, 0.3) is 0 Å². The molecule has 0 radical (unpaired) electrons. The lowest BCUT2D eigenvalue weighted by atomic mass is 9.98. The van der Waals surface area contributed by atoms with Crippen LogP contribution in [0, 0.1) is 29.2 Å². The van der Waals surface area contributed by atoms with Crippen LogP contribution in [0.4, 0.5) is 45.2 Å². The van der Waals surface area contributed by atoms with Crippen molar-refractivity contribution in [1.82, 2.24) is 0 Å². The van der Waals surface area contributed by atoms with Crippen molar-refractivity contribution in [3.63, 3.8) is 0 Å². The topological polar surface area (TPSA) is 63.2 Å². The molecule has 0 heterocycles. The summed E-state index contributed by atoms with van der Waals surface area (Å²) in [5.41, 5.74) is -3.90. The Kier molecular flexibility index (Phi) is 9.35. The highest BCUT2D eigenvalue weighted by Gasteiger charge is 2.67. The molecular weight excluding hydrogens is 676 g/mol. The lowest BCUT2D eigenvalue weighted by Gasteiger charge is -2.12. The monoisotopic (exact) mass is 689 g/mol. The quantitative estimate of drug-likeness (QED) is 0.107. The van der Waals surface area contributed by atoms with Crippen LogP contribution in [-0.2, 0) is 28.6 Å². The molecule has 234 valence electrons. The molecule has 0 saturated heterocycles. The maximum Gasteiger partial charge on any atom is 0.419 e. The third-order valence-electron chi connectivity index (χ3n) is 6.78. The van der Waals surface area contributed by atoms with Crippen LogP contribution >= 0.6 is 34.8 Å². The molecule has 1 amide bonds. The van der Waals surface area contributed by atoms with Gasteiger partial charge in [0.05, 0.1) is 16.5 Å². The third-order valence-corrected chi connectivity index (χ3v) is 8.05. The van der Waals surface area contributed by atoms with Crippen molar-refractivity contribution >= 4 is 58.0 Å². The van der Waals surface area contributed by atoms with E-state index in [1.807, 2.05) is 0 Å². The van der Waals surface area contributed by atoms with E-state index in [1.165, 1.54) is 6.07 Å². The zero-order chi connectivity index (χ0) is 32.9. The van der Waals surface area contributed by atoms with Crippen molar-refractivity contribution < 1.29 is 53.9 Å². The van der Waals surface area contributed by atoms with Gasteiger partial charge < -0.3 is 5.32 Å². The molecule has 2 atom stereocenters. The summed E-state index contributed by atoms with van der Waals surface area (Å²) in [6, 6.07) is 5.95. The number of Topliss-reactive ketones (excluding diaryl/α,β-unsaturated/α-hetero) is 2. The fraction of sp³-hybridized carbons (Fsp3) is 0.250. The number of rotatable bonds is 9. The SMILES string of the molecule is O=C(Cc1cc(CC(=O)C(F)F)c(F)c(F)c1F)c1cc(NC(=O)[C@H]2[C@H](c3ccc(F)c(C(F)(F)F)c3)C2(Cl)Cl)ccc1Cl. The summed E-state index contributed by atoms with van der Waals surface area (Å²) in [5.74, 6) is -13.5. The molecule has 0 unspecified atom stereocenters. The molecule has 1 aliphatic rings. The summed E-state index contributed by atoms with van der Waals surface area (Å²) >= 11 is 18.4. The molecule has 0 bridgehead atoms. The number of carbonyl (C=O) groups excluding carboxylic acids is 3. The number of amides is 1. The van der Waals surface area contributed by atoms with Gasteiger partial charge in [-0.2, -0.15) is 13.2 Å². The fourth-order valence-corrected chi connectivity index (χ4v) is 5.61. The predicted molar refractivity (Wildman–Crippen MR) is 141 cm³/mol. The Labute approximate surface area is 257 Å². The molecule has 1 saturated carbocycles. The van der Waals surface area contributed by atoms with Gasteiger partial charge in [0.25, 0.3) is 6.43 Å². The molecule has 1 N–H and O–H groups in total. The Morgan fingerprint density at radius 2 is 1.48 bits per heavy atom. The molecule has 4 nitrogen and oxygen atoms in total. The molecular formula is C28H15Cl3F9NO3. The molecule has 44 heavy (non-hydrogen) atoms. The van der Waals surface area contributed by atoms with Gasteiger partial charge in [-0.15, -0.1) is 23.2 Å². The second-order valence-electron chi connectivity index (χ2n) is 9.73. The van der Waals surface area contributed by atoms with Gasteiger partial charge in [-0.25, -0.2) is 26.3 Å². The van der Waals surface area contributed by atoms with Gasteiger partial charge in [0, 0.05) is 30.0 Å². The maximum absolute atomic E-state index is 14.4. The number of benzene rings is 3. The summed E-state index contributed by atoms with van der Waals surface area (Å²) in [6.45, 7) is 0. The molecule has 1 aliphatic carbocycles. The number of hydrogen-bond donors (Lipinski definition) is 1. The minimum Gasteiger partial charge on any atom is -0.326 e. The maximum atomic E-state index is 14.4. The second-order valence-corrected chi connectivity index (χ2v) is 11.6. The highest BCUT2D eigenvalue weighted by atomic mass is 35.5. The van der Waals surface area contributed by atoms with E-state index in [0.717, 1.165) is 18.2 Å². The van der Waals surface area contributed by atoms with Crippen molar-refractivity contribution in [1.29, 1.82) is 0 Å². The average Bonchev–Trinajstić information content (AvgIpc) is 3.52. The molecule has 0 aromatic heterocycles. The van der Waals surface area contributed by atoms with Gasteiger partial charge in [0.15, 0.2) is 23.2 Å². The Bertz CT molecular complexity index is 1680. The van der Waals surface area contributed by atoms with Gasteiger partial charge in [-0.1, -0.05) is 17.7 Å². The van der Waals surface area contributed by atoms with Crippen LogP contribution < -0.4 is 5.32 Å². The first-order valence-electron chi connectivity index (χ1n) is 12.2. The van der Waals surface area contributed by atoms with Crippen LogP contribution in [0.5, 0.6) is 0 Å². The third kappa shape index (κ3) is 6.69. The van der Waals surface area contributed by atoms with Crippen LogP contribution in [0.3, 0.4) is 0 Å². The van der Waals surface area contributed by atoms with E-state index in [1.54, 1.807) is 0 Å². The number of nitrogens with one attached hydrogen (secondary N) is 1. The molecule has 0 spiro atoms. The van der Waals surface area contributed by atoms with Gasteiger partial charge in [0.2, 0.25) is 11.7 Å². The smallest absolute Gasteiger partial charge is 0.326 e. The van der Waals surface area contributed by atoms with E-state index >= 15 is 0 Å². The largest absolute Gasteiger partial charge is 0.419 e. The highest BCUT2D eigenvalue weighted by molar-refractivity contribution is 6.53. The molecule has 4 rings (SSSR count). The fourth-order valence-electron chi connectivity index (χ4n) is 4.56. The van der Waals surface area contributed by atoms with Gasteiger partial charge in [-0.3, -0.25) is 14.4 Å². The highest BCUT2D eigenvalue weighted by Crippen LogP contribution is 2.65. The van der Waals surface area contributed by atoms with Gasteiger partial charge in [0.1, 0.15) is 10.2 Å². The van der Waals surface area contributed by atoms with Crippen molar-refractivity contribution in [3.05, 3.63) is 98.6 Å². The van der Waals surface area contributed by atoms with Crippen LogP contribution in [0.15, 0.2) is 42.5 Å². The summed E-state index contributed by atoms with van der Waals surface area (Å²) < 4.78 is 119. The average molecular weight is 691 g/mol. The first kappa shape index (κ1) is 33.6. The predicted octanol–water partition coefficient (Wildman–Crippen LogP) is 8.24. The summed E-state index contributed by atoms with van der Waals surface area (Å²) in [5, 5.41) is 2.13. The van der Waals surface area contributed by atoms with Crippen LogP contribution in [0.2, 0.25) is 5.02 Å². The van der Waals surface area contributed by atoms with Crippen molar-refractivity contribution in [2.24, 2.45) is 5.92 Å². The van der Waals surface area contributed by atoms with E-state index in [-0.39, 0.29) is 21.8 Å². The molecule has 3 aromatic carbocycles. The summed E-state index contributed by atoms with van der Waals surface area (Å²) in [7, 11) is 0. The van der Waals surface area contributed by atoms with Crippen molar-refractivity contribution in [2.75, 3.05) is 5.32 Å². The first-order valence-corrected chi connectivity index (χ1v) is 13.3. The minimum absolute atomic E-state index is 0.110. The van der Waals surface area contributed by atoms with Crippen LogP contribution in [0.1, 0.15) is 38.5 Å². The van der Waals surface area contributed by atoms with E-state index in [4.69, 9.17) is 34.8 Å². The minimum atomic E-state index is -5.03. The molecule has 1 fully saturated rings. The van der Waals surface area contributed by atoms with E-state index in [9.17, 15) is 53.9 Å². The standard InChI is InChI=1S/C28H15Cl3F9NO3/c29-16-3-2-13(41-26(44)21-20(27(21,30)31)10-1-4-17(32)15(6-10)28(38,39)40)9-14(16)18(42)7-11-5-12(8-19(43)25(36)37)23(34)24(35)22(11)33/h1-6,9,20-21,25H,7-8H2,(H,41,44)/t20-,21+/m0/s1. The molecule has 3 aromatic rings. The molecule has 16 heteroatoms. The van der Waals surface area contributed by atoms with E-state index in [0.29, 0.717) is 18.2 Å². The first-order chi connectivity index (χ1) is 20.3. The van der Waals surface area contributed by atoms with Crippen LogP contribution in [-0.4, -0.2) is 28.2 Å². The number of anilines is 1. The number of hydrogen-bond acceptors (Lipinski definition) is 3. The zero-order valence-corrected chi connectivity index (χ0v) is 23.7. The van der Waals surface area contributed by atoms with Crippen molar-refractivity contribution in [2.45, 2.75) is 35.7 Å². The van der Waals surface area contributed by atoms with E-state index in [2.05, 4.69) is 5.32 Å².